The minimum Gasteiger partial charge on any atom is -0.462 e. The van der Waals surface area contributed by atoms with Crippen molar-refractivity contribution in [2.24, 2.45) is 0 Å². The average Bonchev–Trinajstić information content (AvgIpc) is 3.26. The molecule has 6 N–H and O–H groups in total. The van der Waals surface area contributed by atoms with Crippen molar-refractivity contribution in [3.05, 3.63) is 48.6 Å². The molecule has 0 aromatic rings. The van der Waals surface area contributed by atoms with Gasteiger partial charge in [0.05, 0.1) is 6.61 Å². The second-order valence-electron chi connectivity index (χ2n) is 17.0. The van der Waals surface area contributed by atoms with E-state index < -0.39 is 75.7 Å². The predicted molar refractivity (Wildman–Crippen MR) is 249 cm³/mol. The van der Waals surface area contributed by atoms with E-state index in [-0.39, 0.29) is 12.8 Å². The molecule has 1 fully saturated rings. The quantitative estimate of drug-likeness (QED) is 0.0147. The Hall–Kier alpha value is -2.19. The van der Waals surface area contributed by atoms with Crippen LogP contribution in [-0.2, 0) is 32.7 Å². The van der Waals surface area contributed by atoms with Crippen molar-refractivity contribution in [3.63, 3.8) is 0 Å². The topological polar surface area (TPSA) is 210 Å². The van der Waals surface area contributed by atoms with E-state index in [0.29, 0.717) is 19.3 Å². The highest BCUT2D eigenvalue weighted by molar-refractivity contribution is 7.47. The van der Waals surface area contributed by atoms with E-state index in [2.05, 4.69) is 56.4 Å². The van der Waals surface area contributed by atoms with Gasteiger partial charge in [-0.2, -0.15) is 0 Å². The molecular formula is C49H87O13P. The Balaban J connectivity index is 2.47. The summed E-state index contributed by atoms with van der Waals surface area (Å²) in [7, 11) is -5.13. The summed E-state index contributed by atoms with van der Waals surface area (Å²) in [4.78, 5) is 35.7. The van der Waals surface area contributed by atoms with E-state index in [0.717, 1.165) is 70.6 Å². The zero-order chi connectivity index (χ0) is 46.4. The van der Waals surface area contributed by atoms with E-state index in [1.54, 1.807) is 0 Å². The lowest BCUT2D eigenvalue weighted by atomic mass is 9.85. The zero-order valence-electron chi connectivity index (χ0n) is 38.9. The van der Waals surface area contributed by atoms with Crippen molar-refractivity contribution in [2.75, 3.05) is 13.2 Å². The average molecular weight is 915 g/mol. The summed E-state index contributed by atoms with van der Waals surface area (Å²) in [6.07, 6.45) is 33.1. The largest absolute Gasteiger partial charge is 0.472 e. The Morgan fingerprint density at radius 2 is 0.873 bits per heavy atom. The van der Waals surface area contributed by atoms with Crippen LogP contribution in [-0.4, -0.2) is 98.3 Å². The summed E-state index contributed by atoms with van der Waals surface area (Å²) in [6.45, 7) is 3.24. The number of hydrogen-bond donors (Lipinski definition) is 6. The summed E-state index contributed by atoms with van der Waals surface area (Å²) in [6, 6.07) is 0. The fourth-order valence-corrected chi connectivity index (χ4v) is 8.15. The monoisotopic (exact) mass is 915 g/mol. The fraction of sp³-hybridized carbons (Fsp3) is 0.796. The highest BCUT2D eigenvalue weighted by atomic mass is 31.2. The number of phosphoric ester groups is 1. The minimum atomic E-state index is -5.13. The third kappa shape index (κ3) is 31.4. The van der Waals surface area contributed by atoms with Crippen LogP contribution in [0.1, 0.15) is 194 Å². The smallest absolute Gasteiger partial charge is 0.462 e. The van der Waals surface area contributed by atoms with Crippen LogP contribution in [0.4, 0.5) is 0 Å². The first-order valence-electron chi connectivity index (χ1n) is 24.4. The Kier molecular flexibility index (Phi) is 36.4. The third-order valence-corrected chi connectivity index (χ3v) is 12.1. The van der Waals surface area contributed by atoms with Gasteiger partial charge < -0.3 is 39.9 Å². The molecule has 63 heavy (non-hydrogen) atoms. The predicted octanol–water partition coefficient (Wildman–Crippen LogP) is 9.95. The fourth-order valence-electron chi connectivity index (χ4n) is 7.18. The molecule has 1 rings (SSSR count). The summed E-state index contributed by atoms with van der Waals surface area (Å²) in [5, 5.41) is 50.2. The van der Waals surface area contributed by atoms with Crippen LogP contribution in [0, 0.1) is 0 Å². The van der Waals surface area contributed by atoms with Gasteiger partial charge in [0.15, 0.2) is 6.10 Å². The highest BCUT2D eigenvalue weighted by Gasteiger charge is 2.51. The second-order valence-corrected chi connectivity index (χ2v) is 18.4. The number of esters is 2. The van der Waals surface area contributed by atoms with Crippen molar-refractivity contribution in [2.45, 2.75) is 236 Å². The Morgan fingerprint density at radius 3 is 1.37 bits per heavy atom. The van der Waals surface area contributed by atoms with Crippen LogP contribution < -0.4 is 0 Å². The number of unbranched alkanes of at least 4 members (excludes halogenated alkanes) is 20. The third-order valence-electron chi connectivity index (χ3n) is 11.1. The van der Waals surface area contributed by atoms with Crippen LogP contribution in [0.5, 0.6) is 0 Å². The number of rotatable bonds is 40. The lowest BCUT2D eigenvalue weighted by molar-refractivity contribution is -0.220. The summed E-state index contributed by atoms with van der Waals surface area (Å²) in [5.41, 5.74) is 0. The normalized spacial score (nSPS) is 22.1. The molecule has 0 spiro atoms. The van der Waals surface area contributed by atoms with E-state index in [1.807, 2.05) is 6.08 Å². The van der Waals surface area contributed by atoms with Gasteiger partial charge in [-0.05, 0) is 70.6 Å². The maximum absolute atomic E-state index is 12.8. The van der Waals surface area contributed by atoms with Gasteiger partial charge in [-0.15, -0.1) is 0 Å². The molecule has 0 saturated heterocycles. The summed E-state index contributed by atoms with van der Waals surface area (Å²) >= 11 is 0. The van der Waals surface area contributed by atoms with Crippen molar-refractivity contribution >= 4 is 19.8 Å². The lowest BCUT2D eigenvalue weighted by Gasteiger charge is -2.41. The SMILES string of the molecule is CCCCC/C=C/C/C=C/CCCCCCCCCC(=O)O[C@@H](COC(=O)CCC/C=C/C/C=C/CCCCCCCCCCC)COP(=O)(O)OC1C(O)C(O)C(O)[C@H](O)C1O. The van der Waals surface area contributed by atoms with Crippen molar-refractivity contribution in [1.29, 1.82) is 0 Å². The molecule has 1 aliphatic rings. The summed E-state index contributed by atoms with van der Waals surface area (Å²) < 4.78 is 33.5. The minimum absolute atomic E-state index is 0.0783. The number of hydrogen-bond acceptors (Lipinski definition) is 12. The van der Waals surface area contributed by atoms with Gasteiger partial charge >= 0.3 is 19.8 Å². The molecule has 1 aliphatic carbocycles. The molecule has 6 unspecified atom stereocenters. The molecule has 0 aliphatic heterocycles. The maximum atomic E-state index is 12.8. The van der Waals surface area contributed by atoms with Crippen molar-refractivity contribution in [3.8, 4) is 0 Å². The van der Waals surface area contributed by atoms with Gasteiger partial charge in [0.2, 0.25) is 0 Å². The van der Waals surface area contributed by atoms with Crippen LogP contribution >= 0.6 is 7.82 Å². The molecule has 0 heterocycles. The number of phosphoric acid groups is 1. The van der Waals surface area contributed by atoms with Crippen LogP contribution in [0.15, 0.2) is 48.6 Å². The maximum Gasteiger partial charge on any atom is 0.472 e. The van der Waals surface area contributed by atoms with E-state index in [4.69, 9.17) is 18.5 Å². The Morgan fingerprint density at radius 1 is 0.492 bits per heavy atom. The first-order chi connectivity index (χ1) is 30.4. The van der Waals surface area contributed by atoms with Crippen LogP contribution in [0.25, 0.3) is 0 Å². The molecule has 0 radical (unpaired) electrons. The molecule has 0 amide bonds. The number of aliphatic hydroxyl groups excluding tert-OH is 5. The van der Waals surface area contributed by atoms with Gasteiger partial charge in [-0.3, -0.25) is 18.6 Å². The number of carbonyl (C=O) groups is 2. The number of ether oxygens (including phenoxy) is 2. The van der Waals surface area contributed by atoms with Gasteiger partial charge in [0.25, 0.3) is 0 Å². The van der Waals surface area contributed by atoms with Gasteiger partial charge in [-0.25, -0.2) is 4.57 Å². The van der Waals surface area contributed by atoms with Crippen molar-refractivity contribution in [1.82, 2.24) is 0 Å². The highest BCUT2D eigenvalue weighted by Crippen LogP contribution is 2.47. The molecule has 0 aromatic carbocycles. The molecule has 0 aromatic heterocycles. The first-order valence-corrected chi connectivity index (χ1v) is 25.9. The second kappa shape index (κ2) is 39.0. The molecule has 8 atom stereocenters. The summed E-state index contributed by atoms with van der Waals surface area (Å²) in [5.74, 6) is -1.16. The van der Waals surface area contributed by atoms with E-state index in [1.165, 1.54) is 77.0 Å². The van der Waals surface area contributed by atoms with Gasteiger partial charge in [0, 0.05) is 12.8 Å². The molecule has 14 heteroatoms. The standard InChI is InChI=1S/C49H87O13P/c1-3-5-7-9-11-13-15-17-19-21-23-25-27-29-31-33-35-37-42(50)59-39-41(40-60-63(57,58)62-49-47(55)45(53)44(52)46(54)48(49)56)61-43(51)38-36-34-32-30-28-26-24-22-20-18-16-14-12-10-8-6-4-2/h12,14,18,20,23,25,29,31,41,44-49,52-56H,3-11,13,15-17,19,21-22,24,26-28,30,32-40H2,1-2H3,(H,57,58)/b14-12+,20-18+,25-23+,31-29+/t41-,44?,45-,46?,47?,48?,49?/m0/s1. The van der Waals surface area contributed by atoms with Crippen LogP contribution in [0.3, 0.4) is 0 Å². The molecule has 13 nitrogen and oxygen atoms in total. The van der Waals surface area contributed by atoms with Gasteiger partial charge in [-0.1, -0.05) is 159 Å². The first kappa shape index (κ1) is 58.8. The molecule has 366 valence electrons. The number of allylic oxidation sites excluding steroid dienone is 8. The number of carbonyl (C=O) groups excluding carboxylic acids is 2. The Bertz CT molecular complexity index is 1290. The lowest BCUT2D eigenvalue weighted by Crippen LogP contribution is -2.64. The van der Waals surface area contributed by atoms with E-state index >= 15 is 0 Å². The Labute approximate surface area is 380 Å². The van der Waals surface area contributed by atoms with Gasteiger partial charge in [0.1, 0.15) is 43.2 Å². The molecular weight excluding hydrogens is 828 g/mol. The number of aliphatic hydroxyl groups is 5. The van der Waals surface area contributed by atoms with E-state index in [9.17, 15) is 44.6 Å². The van der Waals surface area contributed by atoms with Crippen molar-refractivity contribution < 1.29 is 63.1 Å². The molecule has 1 saturated carbocycles. The zero-order valence-corrected chi connectivity index (χ0v) is 39.8. The molecule has 0 bridgehead atoms. The van der Waals surface area contributed by atoms with Crippen LogP contribution in [0.2, 0.25) is 0 Å².